The van der Waals surface area contributed by atoms with Crippen molar-refractivity contribution in [1.29, 1.82) is 0 Å². The van der Waals surface area contributed by atoms with Crippen LogP contribution in [0.3, 0.4) is 0 Å². The number of anilines is 1. The zero-order valence-corrected chi connectivity index (χ0v) is 17.4. The lowest BCUT2D eigenvalue weighted by Gasteiger charge is -2.37. The maximum absolute atomic E-state index is 12.3. The van der Waals surface area contributed by atoms with Crippen molar-refractivity contribution in [3.8, 4) is 16.9 Å². The fourth-order valence-electron chi connectivity index (χ4n) is 4.12. The Balaban J connectivity index is 1.50. The highest BCUT2D eigenvalue weighted by Gasteiger charge is 2.31. The monoisotopic (exact) mass is 405 g/mol. The smallest absolute Gasteiger partial charge is 0.406 e. The molecule has 2 aromatic carbocycles. The molecule has 2 nitrogen and oxygen atoms in total. The van der Waals surface area contributed by atoms with Crippen molar-refractivity contribution in [1.82, 2.24) is 0 Å². The van der Waals surface area contributed by atoms with Crippen LogP contribution in [0.15, 0.2) is 48.5 Å². The van der Waals surface area contributed by atoms with Crippen LogP contribution in [0.1, 0.15) is 46.5 Å². The second-order valence-electron chi connectivity index (χ2n) is 9.11. The molecule has 1 fully saturated rings. The van der Waals surface area contributed by atoms with Gasteiger partial charge in [0.05, 0.1) is 0 Å². The molecular formula is C24H30F3NO. The Hall–Kier alpha value is -2.17. The van der Waals surface area contributed by atoms with Crippen LogP contribution in [0, 0.1) is 17.3 Å². The molecular weight excluding hydrogens is 375 g/mol. The Labute approximate surface area is 171 Å². The Morgan fingerprint density at radius 3 is 1.83 bits per heavy atom. The quantitative estimate of drug-likeness (QED) is 0.555. The van der Waals surface area contributed by atoms with Gasteiger partial charge < -0.3 is 10.1 Å². The molecule has 0 radical (unpaired) electrons. The van der Waals surface area contributed by atoms with E-state index in [0.29, 0.717) is 5.41 Å². The first kappa shape index (κ1) is 21.5. The van der Waals surface area contributed by atoms with E-state index in [-0.39, 0.29) is 5.75 Å². The number of alkyl halides is 3. The number of halogens is 3. The van der Waals surface area contributed by atoms with E-state index in [1.54, 1.807) is 12.1 Å². The summed E-state index contributed by atoms with van der Waals surface area (Å²) in [5, 5.41) is 3.54. The van der Waals surface area contributed by atoms with Gasteiger partial charge in [0.15, 0.2) is 0 Å². The number of nitrogens with one attached hydrogen (secondary N) is 1. The summed E-state index contributed by atoms with van der Waals surface area (Å²) >= 11 is 0. The first-order chi connectivity index (χ1) is 13.6. The van der Waals surface area contributed by atoms with Crippen molar-refractivity contribution in [2.24, 2.45) is 17.3 Å². The summed E-state index contributed by atoms with van der Waals surface area (Å²) in [6, 6.07) is 14.0. The molecule has 0 spiro atoms. The summed E-state index contributed by atoms with van der Waals surface area (Å²) in [7, 11) is 0. The van der Waals surface area contributed by atoms with Crippen LogP contribution in [0.5, 0.6) is 5.75 Å². The Morgan fingerprint density at radius 1 is 0.828 bits per heavy atom. The molecule has 0 aliphatic heterocycles. The van der Waals surface area contributed by atoms with Crippen molar-refractivity contribution >= 4 is 5.69 Å². The number of hydrogen-bond donors (Lipinski definition) is 1. The van der Waals surface area contributed by atoms with Gasteiger partial charge in [-0.3, -0.25) is 0 Å². The van der Waals surface area contributed by atoms with Crippen LogP contribution < -0.4 is 10.1 Å². The SMILES string of the molecule is CC(C)(C)[C@H]1CC[C@@H](CNc2ccc(-c3ccc(OC(F)(F)F)cc3)cc2)CC1. The van der Waals surface area contributed by atoms with Gasteiger partial charge in [0.25, 0.3) is 0 Å². The molecule has 3 rings (SSSR count). The Kier molecular flexibility index (Phi) is 6.45. The third-order valence-corrected chi connectivity index (χ3v) is 5.97. The predicted octanol–water partition coefficient (Wildman–Crippen LogP) is 7.52. The minimum absolute atomic E-state index is 0.208. The molecule has 1 saturated carbocycles. The summed E-state index contributed by atoms with van der Waals surface area (Å²) in [5.74, 6) is 1.33. The average molecular weight is 406 g/mol. The van der Waals surface area contributed by atoms with Crippen molar-refractivity contribution in [3.63, 3.8) is 0 Å². The first-order valence-corrected chi connectivity index (χ1v) is 10.3. The lowest BCUT2D eigenvalue weighted by atomic mass is 9.70. The van der Waals surface area contributed by atoms with Crippen LogP contribution in [0.4, 0.5) is 18.9 Å². The molecule has 0 aromatic heterocycles. The van der Waals surface area contributed by atoms with E-state index >= 15 is 0 Å². The van der Waals surface area contributed by atoms with E-state index in [2.05, 4.69) is 30.8 Å². The minimum Gasteiger partial charge on any atom is -0.406 e. The van der Waals surface area contributed by atoms with E-state index < -0.39 is 6.36 Å². The largest absolute Gasteiger partial charge is 0.573 e. The molecule has 29 heavy (non-hydrogen) atoms. The third kappa shape index (κ3) is 6.41. The maximum Gasteiger partial charge on any atom is 0.573 e. The molecule has 1 aliphatic rings. The number of ether oxygens (including phenoxy) is 1. The van der Waals surface area contributed by atoms with Crippen molar-refractivity contribution in [2.75, 3.05) is 11.9 Å². The molecule has 0 unspecified atom stereocenters. The third-order valence-electron chi connectivity index (χ3n) is 5.97. The van der Waals surface area contributed by atoms with E-state index in [0.717, 1.165) is 35.2 Å². The van der Waals surface area contributed by atoms with E-state index in [4.69, 9.17) is 0 Å². The van der Waals surface area contributed by atoms with Gasteiger partial charge in [-0.05, 0) is 78.3 Å². The number of rotatable bonds is 5. The predicted molar refractivity (Wildman–Crippen MR) is 112 cm³/mol. The van der Waals surface area contributed by atoms with Crippen LogP contribution >= 0.6 is 0 Å². The standard InChI is InChI=1S/C24H30F3NO/c1-23(2,3)20-10-4-17(5-11-20)16-28-21-12-6-18(7-13-21)19-8-14-22(15-9-19)29-24(25,26)27/h6-9,12-15,17,20,28H,4-5,10-11,16H2,1-3H3/t17-,20+. The molecule has 2 aromatic rings. The molecule has 0 bridgehead atoms. The molecule has 5 heteroatoms. The second-order valence-corrected chi connectivity index (χ2v) is 9.11. The van der Waals surface area contributed by atoms with Crippen LogP contribution in [0.25, 0.3) is 11.1 Å². The molecule has 1 aliphatic carbocycles. The number of benzene rings is 2. The van der Waals surface area contributed by atoms with Crippen molar-refractivity contribution < 1.29 is 17.9 Å². The first-order valence-electron chi connectivity index (χ1n) is 10.3. The number of hydrogen-bond acceptors (Lipinski definition) is 2. The lowest BCUT2D eigenvalue weighted by molar-refractivity contribution is -0.274. The topological polar surface area (TPSA) is 21.3 Å². The minimum atomic E-state index is -4.67. The van der Waals surface area contributed by atoms with Gasteiger partial charge in [-0.2, -0.15) is 0 Å². The molecule has 0 atom stereocenters. The van der Waals surface area contributed by atoms with Crippen molar-refractivity contribution in [2.45, 2.75) is 52.8 Å². The summed E-state index contributed by atoms with van der Waals surface area (Å²) in [5.41, 5.74) is 3.29. The van der Waals surface area contributed by atoms with Gasteiger partial charge in [0, 0.05) is 12.2 Å². The van der Waals surface area contributed by atoms with Gasteiger partial charge in [-0.1, -0.05) is 45.0 Å². The summed E-state index contributed by atoms with van der Waals surface area (Å²) in [6.07, 6.45) is 0.505. The second kappa shape index (κ2) is 8.68. The summed E-state index contributed by atoms with van der Waals surface area (Å²) in [4.78, 5) is 0. The highest BCUT2D eigenvalue weighted by Crippen LogP contribution is 2.39. The van der Waals surface area contributed by atoms with Crippen LogP contribution in [0.2, 0.25) is 0 Å². The highest BCUT2D eigenvalue weighted by molar-refractivity contribution is 5.66. The van der Waals surface area contributed by atoms with Crippen LogP contribution in [-0.4, -0.2) is 12.9 Å². The van der Waals surface area contributed by atoms with E-state index in [1.165, 1.54) is 37.8 Å². The summed E-state index contributed by atoms with van der Waals surface area (Å²) in [6.45, 7) is 8.01. The fraction of sp³-hybridized carbons (Fsp3) is 0.500. The van der Waals surface area contributed by atoms with Gasteiger partial charge in [0.2, 0.25) is 0 Å². The lowest BCUT2D eigenvalue weighted by Crippen LogP contribution is -2.28. The van der Waals surface area contributed by atoms with Gasteiger partial charge >= 0.3 is 6.36 Å². The normalized spacial score (nSPS) is 20.3. The van der Waals surface area contributed by atoms with Gasteiger partial charge in [-0.25, -0.2) is 0 Å². The fourth-order valence-corrected chi connectivity index (χ4v) is 4.12. The molecule has 1 N–H and O–H groups in total. The molecule has 158 valence electrons. The Morgan fingerprint density at radius 2 is 1.34 bits per heavy atom. The zero-order valence-electron chi connectivity index (χ0n) is 17.4. The molecule has 0 saturated heterocycles. The maximum atomic E-state index is 12.3. The zero-order chi connectivity index (χ0) is 21.1. The van der Waals surface area contributed by atoms with E-state index in [9.17, 15) is 13.2 Å². The van der Waals surface area contributed by atoms with Crippen molar-refractivity contribution in [3.05, 3.63) is 48.5 Å². The summed E-state index contributed by atoms with van der Waals surface area (Å²) < 4.78 is 40.7. The van der Waals surface area contributed by atoms with Gasteiger partial charge in [-0.15, -0.1) is 13.2 Å². The van der Waals surface area contributed by atoms with E-state index in [1.807, 2.05) is 24.3 Å². The van der Waals surface area contributed by atoms with Gasteiger partial charge in [0.1, 0.15) is 5.75 Å². The highest BCUT2D eigenvalue weighted by atomic mass is 19.4. The molecule has 0 amide bonds. The average Bonchev–Trinajstić information content (AvgIpc) is 2.66. The molecule has 0 heterocycles. The Bertz CT molecular complexity index is 768. The van der Waals surface area contributed by atoms with Crippen LogP contribution in [-0.2, 0) is 0 Å².